The summed E-state index contributed by atoms with van der Waals surface area (Å²) in [5.74, 6) is 2.37. The van der Waals surface area contributed by atoms with Crippen LogP contribution in [0.4, 0.5) is 0 Å². The lowest BCUT2D eigenvalue weighted by Gasteiger charge is -2.15. The van der Waals surface area contributed by atoms with E-state index in [0.717, 1.165) is 122 Å². The summed E-state index contributed by atoms with van der Waals surface area (Å²) in [6.45, 7) is 4.44. The Morgan fingerprint density at radius 1 is 0.250 bits per heavy atom. The SMILES string of the molecule is Cc1cc(-c2ccc3c(c2)c2ccccc2n3-c2ccccc2)c(C)cc1-c1ccc2oc3cccc(-c4nc(-c5ccccc5)nc(-c5ccc(-c6ccc(-c7cc(-c8ccccc8)nc(-c8c(-c9ccc%10c(c9)c9ccccc9n%10-c9ccccc9)ccc9sc%10ccccc%10c89)n7)cc6)cc5)n4)c3c2c1. The molecule has 0 N–H and O–H groups in total. The van der Waals surface area contributed by atoms with E-state index in [9.17, 15) is 0 Å². The van der Waals surface area contributed by atoms with Gasteiger partial charge in [-0.25, -0.2) is 24.9 Å². The Balaban J connectivity index is 0.625. The van der Waals surface area contributed by atoms with Gasteiger partial charge in [0.2, 0.25) is 0 Å². The molecule has 0 saturated heterocycles. The van der Waals surface area contributed by atoms with E-state index >= 15 is 0 Å². The number of para-hydroxylation sites is 4. The molecule has 0 fully saturated rings. The van der Waals surface area contributed by atoms with Crippen molar-refractivity contribution < 1.29 is 4.42 Å². The Morgan fingerprint density at radius 2 is 0.694 bits per heavy atom. The number of thiophene rings is 1. The first-order valence-electron chi connectivity index (χ1n) is 36.5. The second kappa shape index (κ2) is 25.4. The zero-order valence-electron chi connectivity index (χ0n) is 58.9. The van der Waals surface area contributed by atoms with E-state index in [1.54, 1.807) is 0 Å². The number of hydrogen-bond acceptors (Lipinski definition) is 7. The summed E-state index contributed by atoms with van der Waals surface area (Å²) in [6.07, 6.45) is 0. The average Bonchev–Trinajstić information content (AvgIpc) is 1.60. The first-order chi connectivity index (χ1) is 53.3. The van der Waals surface area contributed by atoms with Crippen molar-refractivity contribution in [2.45, 2.75) is 13.8 Å². The summed E-state index contributed by atoms with van der Waals surface area (Å²) in [6, 6.07) is 123. The maximum absolute atomic E-state index is 6.69. The minimum Gasteiger partial charge on any atom is -0.456 e. The van der Waals surface area contributed by atoms with Crippen molar-refractivity contribution in [3.63, 3.8) is 0 Å². The van der Waals surface area contributed by atoms with Crippen LogP contribution < -0.4 is 0 Å². The van der Waals surface area contributed by atoms with Crippen LogP contribution in [0, 0.1) is 13.8 Å². The van der Waals surface area contributed by atoms with Crippen LogP contribution in [0.5, 0.6) is 0 Å². The minimum absolute atomic E-state index is 0.558. The monoisotopic (exact) mass is 1400 g/mol. The second-order valence-electron chi connectivity index (χ2n) is 27.9. The molecule has 0 bridgehead atoms. The molecule has 108 heavy (non-hydrogen) atoms. The molecule has 0 unspecified atom stereocenters. The molecule has 6 aromatic heterocycles. The van der Waals surface area contributed by atoms with Gasteiger partial charge in [-0.3, -0.25) is 0 Å². The Morgan fingerprint density at radius 3 is 1.29 bits per heavy atom. The van der Waals surface area contributed by atoms with E-state index < -0.39 is 0 Å². The average molecular weight is 1400 g/mol. The molecule has 0 saturated carbocycles. The normalized spacial score (nSPS) is 11.8. The van der Waals surface area contributed by atoms with Gasteiger partial charge in [-0.15, -0.1) is 11.3 Å². The highest BCUT2D eigenvalue weighted by Gasteiger charge is 2.25. The van der Waals surface area contributed by atoms with Crippen molar-refractivity contribution in [3.8, 4) is 124 Å². The van der Waals surface area contributed by atoms with Gasteiger partial charge in [0.15, 0.2) is 23.3 Å². The molecule has 0 amide bonds. The van der Waals surface area contributed by atoms with E-state index in [0.29, 0.717) is 23.3 Å². The minimum atomic E-state index is 0.558. The zero-order valence-corrected chi connectivity index (χ0v) is 59.7. The smallest absolute Gasteiger partial charge is 0.164 e. The van der Waals surface area contributed by atoms with E-state index in [1.165, 1.54) is 75.2 Å². The van der Waals surface area contributed by atoms with Gasteiger partial charge >= 0.3 is 0 Å². The van der Waals surface area contributed by atoms with Crippen LogP contribution in [0.25, 0.3) is 210 Å². The molecular formula is C99H63N7OS. The van der Waals surface area contributed by atoms with Gasteiger partial charge in [0.1, 0.15) is 11.2 Å². The predicted molar refractivity (Wildman–Crippen MR) is 448 cm³/mol. The molecule has 15 aromatic carbocycles. The lowest BCUT2D eigenvalue weighted by Crippen LogP contribution is -2.00. The van der Waals surface area contributed by atoms with Crippen molar-refractivity contribution in [1.82, 2.24) is 34.1 Å². The van der Waals surface area contributed by atoms with Gasteiger partial charge in [0, 0.05) is 97.2 Å². The van der Waals surface area contributed by atoms with Crippen LogP contribution in [0.2, 0.25) is 0 Å². The number of furan rings is 1. The molecule has 506 valence electrons. The number of aryl methyl sites for hydroxylation is 2. The van der Waals surface area contributed by atoms with Crippen LogP contribution in [0.15, 0.2) is 350 Å². The van der Waals surface area contributed by atoms with Gasteiger partial charge in [-0.2, -0.15) is 0 Å². The summed E-state index contributed by atoms with van der Waals surface area (Å²) in [4.78, 5) is 27.0. The quantitative estimate of drug-likeness (QED) is 0.121. The topological polar surface area (TPSA) is 87.5 Å². The first-order valence-corrected chi connectivity index (χ1v) is 37.3. The molecule has 21 aromatic rings. The fourth-order valence-corrected chi connectivity index (χ4v) is 17.5. The lowest BCUT2D eigenvalue weighted by atomic mass is 9.91. The standard InChI is InChI=1S/C99H63N7OS/c1-60-55-79(61(2)54-78(60)69-47-51-88-81(57-69)75-31-16-19-35-86(75)106(88)72-28-13-6-14-29-72)70-48-52-89-82(58-70)93-77(33-21-36-90(93)107-89)98-103-96(66-24-9-4-10-25-66)102-97(104-98)67-44-40-63(41-45-67)62-38-42-65(43-39-62)84-59-83(64-22-7-3-8-23-64)100-99(101-84)95-73(49-53-92-94(95)76-32-17-20-37-91(76)108-92)68-46-50-87-80(56-68)74-30-15-18-34-85(74)105(87)71-26-11-5-12-27-71/h3-59H,1-2H3. The van der Waals surface area contributed by atoms with Gasteiger partial charge in [0.05, 0.1) is 33.5 Å². The number of hydrogen-bond donors (Lipinski definition) is 0. The number of rotatable bonds is 12. The molecule has 21 rings (SSSR count). The third-order valence-corrected chi connectivity index (χ3v) is 22.6. The Hall–Kier alpha value is -14.0. The van der Waals surface area contributed by atoms with Crippen LogP contribution in [0.1, 0.15) is 11.1 Å². The molecule has 9 heteroatoms. The van der Waals surface area contributed by atoms with Crippen LogP contribution in [0.3, 0.4) is 0 Å². The van der Waals surface area contributed by atoms with E-state index in [2.05, 4.69) is 338 Å². The molecular weight excluding hydrogens is 1340 g/mol. The highest BCUT2D eigenvalue weighted by molar-refractivity contribution is 7.26. The molecule has 0 atom stereocenters. The molecule has 8 nitrogen and oxygen atoms in total. The number of nitrogens with zero attached hydrogens (tertiary/aromatic N) is 7. The molecule has 0 aliphatic carbocycles. The molecule has 6 heterocycles. The molecule has 0 aliphatic heterocycles. The fourth-order valence-electron chi connectivity index (χ4n) is 16.4. The van der Waals surface area contributed by atoms with Gasteiger partial charge in [-0.1, -0.05) is 249 Å². The summed E-state index contributed by atoms with van der Waals surface area (Å²) in [7, 11) is 0. The highest BCUT2D eigenvalue weighted by atomic mass is 32.1. The fraction of sp³-hybridized carbons (Fsp3) is 0.0202. The van der Waals surface area contributed by atoms with E-state index in [1.807, 2.05) is 41.7 Å². The zero-order chi connectivity index (χ0) is 71.5. The van der Waals surface area contributed by atoms with Crippen molar-refractivity contribution >= 4 is 97.1 Å². The molecule has 0 radical (unpaired) electrons. The lowest BCUT2D eigenvalue weighted by molar-refractivity contribution is 0.669. The van der Waals surface area contributed by atoms with Gasteiger partial charge in [0.25, 0.3) is 0 Å². The summed E-state index contributed by atoms with van der Waals surface area (Å²) in [5, 5.41) is 9.12. The van der Waals surface area contributed by atoms with Crippen molar-refractivity contribution in [1.29, 1.82) is 0 Å². The predicted octanol–water partition coefficient (Wildman–Crippen LogP) is 26.4. The summed E-state index contributed by atoms with van der Waals surface area (Å²) in [5.41, 5.74) is 27.1. The number of benzene rings is 15. The van der Waals surface area contributed by atoms with Crippen LogP contribution in [-0.2, 0) is 0 Å². The first kappa shape index (κ1) is 62.6. The van der Waals surface area contributed by atoms with E-state index in [4.69, 9.17) is 29.3 Å². The highest BCUT2D eigenvalue weighted by Crippen LogP contribution is 2.48. The largest absolute Gasteiger partial charge is 0.456 e. The third kappa shape index (κ3) is 10.5. The summed E-state index contributed by atoms with van der Waals surface area (Å²) < 4.78 is 13.8. The van der Waals surface area contributed by atoms with Crippen molar-refractivity contribution in [3.05, 3.63) is 357 Å². The Bertz CT molecular complexity index is 7160. The van der Waals surface area contributed by atoms with Crippen molar-refractivity contribution in [2.24, 2.45) is 0 Å². The Kier molecular flexibility index (Phi) is 14.7. The van der Waals surface area contributed by atoms with Crippen LogP contribution in [-0.4, -0.2) is 34.1 Å². The third-order valence-electron chi connectivity index (χ3n) is 21.5. The maximum Gasteiger partial charge on any atom is 0.164 e. The molecule has 0 spiro atoms. The summed E-state index contributed by atoms with van der Waals surface area (Å²) >= 11 is 1.81. The van der Waals surface area contributed by atoms with Crippen molar-refractivity contribution in [2.75, 3.05) is 0 Å². The van der Waals surface area contributed by atoms with Crippen LogP contribution >= 0.6 is 11.3 Å². The van der Waals surface area contributed by atoms with E-state index in [-0.39, 0.29) is 0 Å². The maximum atomic E-state index is 6.69. The number of fused-ring (bicyclic) bond motifs is 12. The molecule has 0 aliphatic rings. The van der Waals surface area contributed by atoms with Gasteiger partial charge < -0.3 is 13.6 Å². The second-order valence-corrected chi connectivity index (χ2v) is 29.0. The Labute approximate surface area is 626 Å². The number of aromatic nitrogens is 7. The van der Waals surface area contributed by atoms with Gasteiger partial charge in [-0.05, 0) is 167 Å².